The third-order valence-electron chi connectivity index (χ3n) is 2.89. The molecule has 0 N–H and O–H groups in total. The first-order valence-corrected chi connectivity index (χ1v) is 5.06. The van der Waals surface area contributed by atoms with Crippen LogP contribution in [0.25, 0.3) is 6.08 Å². The molecule has 1 heteroatoms. The largest absolute Gasteiger partial charge is 0.289 e. The first kappa shape index (κ1) is 8.42. The van der Waals surface area contributed by atoms with Gasteiger partial charge in [0.05, 0.1) is 0 Å². The van der Waals surface area contributed by atoms with Gasteiger partial charge in [0.25, 0.3) is 0 Å². The number of carbonyl (C=O) groups excluding carboxylic acids is 1. The van der Waals surface area contributed by atoms with Crippen LogP contribution < -0.4 is 0 Å². The molecule has 3 rings (SSSR count). The summed E-state index contributed by atoms with van der Waals surface area (Å²) >= 11 is 0. The molecule has 0 aromatic heterocycles. The molecule has 0 bridgehead atoms. The number of benzene rings is 1. The second-order valence-corrected chi connectivity index (χ2v) is 3.85. The molecule has 2 aliphatic rings. The summed E-state index contributed by atoms with van der Waals surface area (Å²) < 4.78 is 0. The predicted octanol–water partition coefficient (Wildman–Crippen LogP) is 2.69. The molecule has 2 aliphatic carbocycles. The van der Waals surface area contributed by atoms with Crippen LogP contribution in [-0.4, -0.2) is 5.78 Å². The van der Waals surface area contributed by atoms with Crippen LogP contribution in [0.2, 0.25) is 0 Å². The number of carbonyl (C=O) groups is 1. The van der Waals surface area contributed by atoms with E-state index >= 15 is 0 Å². The summed E-state index contributed by atoms with van der Waals surface area (Å²) in [5, 5.41) is 0. The molecule has 15 heavy (non-hydrogen) atoms. The second kappa shape index (κ2) is 3.06. The van der Waals surface area contributed by atoms with E-state index in [-0.39, 0.29) is 5.78 Å². The third-order valence-corrected chi connectivity index (χ3v) is 2.89. The van der Waals surface area contributed by atoms with Crippen LogP contribution in [-0.2, 0) is 11.2 Å². The fraction of sp³-hybridized carbons (Fsp3) is 0.0714. The van der Waals surface area contributed by atoms with Gasteiger partial charge in [-0.25, -0.2) is 0 Å². The molecular weight excluding hydrogens is 184 g/mol. The fourth-order valence-electron chi connectivity index (χ4n) is 2.10. The molecule has 0 fully saturated rings. The van der Waals surface area contributed by atoms with Crippen LogP contribution in [0, 0.1) is 0 Å². The Labute approximate surface area is 88.4 Å². The number of fused-ring (bicyclic) bond motifs is 2. The van der Waals surface area contributed by atoms with E-state index in [1.807, 2.05) is 30.4 Å². The molecule has 1 aromatic rings. The molecule has 0 radical (unpaired) electrons. The molecule has 0 heterocycles. The average molecular weight is 194 g/mol. The van der Waals surface area contributed by atoms with E-state index in [0.717, 1.165) is 17.6 Å². The molecule has 0 atom stereocenters. The Morgan fingerprint density at radius 2 is 2.00 bits per heavy atom. The molecular formula is C14H10O. The van der Waals surface area contributed by atoms with Crippen molar-refractivity contribution >= 4 is 11.9 Å². The van der Waals surface area contributed by atoms with E-state index < -0.39 is 0 Å². The van der Waals surface area contributed by atoms with Gasteiger partial charge in [-0.3, -0.25) is 4.79 Å². The summed E-state index contributed by atoms with van der Waals surface area (Å²) in [6.07, 6.45) is 8.37. The summed E-state index contributed by atoms with van der Waals surface area (Å²) in [6, 6.07) is 8.23. The minimum atomic E-state index is 0.127. The second-order valence-electron chi connectivity index (χ2n) is 3.85. The van der Waals surface area contributed by atoms with Gasteiger partial charge in [0, 0.05) is 5.57 Å². The van der Waals surface area contributed by atoms with Gasteiger partial charge >= 0.3 is 0 Å². The Morgan fingerprint density at radius 3 is 2.93 bits per heavy atom. The zero-order valence-corrected chi connectivity index (χ0v) is 8.23. The zero-order valence-electron chi connectivity index (χ0n) is 8.23. The van der Waals surface area contributed by atoms with Gasteiger partial charge < -0.3 is 0 Å². The quantitative estimate of drug-likeness (QED) is 0.620. The lowest BCUT2D eigenvalue weighted by molar-refractivity contribution is -0.111. The molecule has 0 saturated heterocycles. The Hall–Kier alpha value is -1.89. The first-order valence-electron chi connectivity index (χ1n) is 5.06. The molecule has 0 aliphatic heterocycles. The third kappa shape index (κ3) is 1.28. The van der Waals surface area contributed by atoms with E-state index in [2.05, 4.69) is 12.1 Å². The van der Waals surface area contributed by atoms with Crippen LogP contribution >= 0.6 is 0 Å². The van der Waals surface area contributed by atoms with Crippen molar-refractivity contribution in [2.75, 3.05) is 0 Å². The summed E-state index contributed by atoms with van der Waals surface area (Å²) in [5.74, 6) is 0.127. The maximum absolute atomic E-state index is 11.6. The molecule has 72 valence electrons. The lowest BCUT2D eigenvalue weighted by Gasteiger charge is -2.19. The van der Waals surface area contributed by atoms with Crippen molar-refractivity contribution in [2.45, 2.75) is 6.42 Å². The molecule has 0 spiro atoms. The predicted molar refractivity (Wildman–Crippen MR) is 60.4 cm³/mol. The van der Waals surface area contributed by atoms with E-state index in [9.17, 15) is 4.79 Å². The number of allylic oxidation sites excluding steroid dienone is 5. The average Bonchev–Trinajstić information content (AvgIpc) is 2.27. The van der Waals surface area contributed by atoms with Gasteiger partial charge in [0.15, 0.2) is 5.78 Å². The smallest absolute Gasteiger partial charge is 0.186 e. The van der Waals surface area contributed by atoms with E-state index in [4.69, 9.17) is 0 Å². The molecule has 0 amide bonds. The van der Waals surface area contributed by atoms with Gasteiger partial charge in [-0.2, -0.15) is 0 Å². The number of hydrogen-bond donors (Lipinski definition) is 0. The van der Waals surface area contributed by atoms with Crippen LogP contribution in [0.5, 0.6) is 0 Å². The summed E-state index contributed by atoms with van der Waals surface area (Å²) in [5.41, 5.74) is 4.47. The highest BCUT2D eigenvalue weighted by Crippen LogP contribution is 2.30. The first-order chi connectivity index (χ1) is 7.34. The molecule has 0 unspecified atom stereocenters. The van der Waals surface area contributed by atoms with Crippen molar-refractivity contribution in [3.8, 4) is 0 Å². The Kier molecular flexibility index (Phi) is 1.72. The highest BCUT2D eigenvalue weighted by Gasteiger charge is 2.20. The van der Waals surface area contributed by atoms with Crippen molar-refractivity contribution in [3.63, 3.8) is 0 Å². The monoisotopic (exact) mass is 194 g/mol. The summed E-state index contributed by atoms with van der Waals surface area (Å²) in [7, 11) is 0. The van der Waals surface area contributed by atoms with Crippen molar-refractivity contribution < 1.29 is 4.79 Å². The normalized spacial score (nSPS) is 17.7. The lowest BCUT2D eigenvalue weighted by atomic mass is 9.84. The highest BCUT2D eigenvalue weighted by molar-refractivity contribution is 6.12. The van der Waals surface area contributed by atoms with Crippen LogP contribution in [0.4, 0.5) is 0 Å². The fourth-order valence-corrected chi connectivity index (χ4v) is 2.10. The van der Waals surface area contributed by atoms with Gasteiger partial charge in [-0.05, 0) is 35.3 Å². The Bertz CT molecular complexity index is 530. The lowest BCUT2D eigenvalue weighted by Crippen LogP contribution is -2.11. The number of hydrogen-bond acceptors (Lipinski definition) is 1. The van der Waals surface area contributed by atoms with Crippen molar-refractivity contribution in [1.82, 2.24) is 0 Å². The number of ketones is 1. The molecule has 1 aromatic carbocycles. The molecule has 1 nitrogen and oxygen atoms in total. The van der Waals surface area contributed by atoms with E-state index in [0.29, 0.717) is 0 Å². The van der Waals surface area contributed by atoms with Crippen molar-refractivity contribution in [3.05, 3.63) is 64.8 Å². The van der Waals surface area contributed by atoms with Crippen molar-refractivity contribution in [2.24, 2.45) is 0 Å². The Balaban J connectivity index is 2.20. The number of rotatable bonds is 0. The van der Waals surface area contributed by atoms with Crippen LogP contribution in [0.3, 0.4) is 0 Å². The molecule has 0 saturated carbocycles. The highest BCUT2D eigenvalue weighted by atomic mass is 16.1. The van der Waals surface area contributed by atoms with Crippen LogP contribution in [0.1, 0.15) is 11.1 Å². The van der Waals surface area contributed by atoms with E-state index in [1.165, 1.54) is 11.1 Å². The zero-order chi connectivity index (χ0) is 10.3. The SMILES string of the molecule is O=C1C=CC=C2Cc3ccccc3C=C12. The minimum Gasteiger partial charge on any atom is -0.289 e. The summed E-state index contributed by atoms with van der Waals surface area (Å²) in [6.45, 7) is 0. The topological polar surface area (TPSA) is 17.1 Å². The standard InChI is InChI=1S/C14H10O/c15-14-7-3-6-12-8-10-4-1-2-5-11(10)9-13(12)14/h1-7,9H,8H2. The van der Waals surface area contributed by atoms with E-state index in [1.54, 1.807) is 6.08 Å². The van der Waals surface area contributed by atoms with Gasteiger partial charge in [-0.1, -0.05) is 36.4 Å². The Morgan fingerprint density at radius 1 is 1.13 bits per heavy atom. The van der Waals surface area contributed by atoms with Crippen molar-refractivity contribution in [1.29, 1.82) is 0 Å². The van der Waals surface area contributed by atoms with Gasteiger partial charge in [0.1, 0.15) is 0 Å². The maximum atomic E-state index is 11.6. The van der Waals surface area contributed by atoms with Gasteiger partial charge in [0.2, 0.25) is 0 Å². The minimum absolute atomic E-state index is 0.127. The summed E-state index contributed by atoms with van der Waals surface area (Å²) in [4.78, 5) is 11.6. The van der Waals surface area contributed by atoms with Gasteiger partial charge in [-0.15, -0.1) is 0 Å². The van der Waals surface area contributed by atoms with Crippen LogP contribution in [0.15, 0.2) is 53.6 Å². The maximum Gasteiger partial charge on any atom is 0.186 e.